The van der Waals surface area contributed by atoms with Crippen molar-refractivity contribution in [1.29, 1.82) is 0 Å². The minimum absolute atomic E-state index is 0. The van der Waals surface area contributed by atoms with Gasteiger partial charge in [0.25, 0.3) is 5.91 Å². The molecular weight excluding hydrogens is 355 g/mol. The first-order chi connectivity index (χ1) is 9.56. The van der Waals surface area contributed by atoms with Crippen LogP contribution in [0.5, 0.6) is 0 Å². The third-order valence-corrected chi connectivity index (χ3v) is 5.13. The molecule has 1 aliphatic rings. The van der Waals surface area contributed by atoms with E-state index < -0.39 is 0 Å². The van der Waals surface area contributed by atoms with E-state index >= 15 is 0 Å². The molecule has 0 aromatic carbocycles. The Hall–Kier alpha value is -0.0400. The highest BCUT2D eigenvalue weighted by atomic mass is 35.5. The quantitative estimate of drug-likeness (QED) is 0.833. The van der Waals surface area contributed by atoms with Gasteiger partial charge < -0.3 is 15.4 Å². The molecule has 1 aliphatic heterocycles. The number of halogens is 3. The number of thiophene rings is 1. The summed E-state index contributed by atoms with van der Waals surface area (Å²) in [7, 11) is 1.70. The number of methoxy groups -OCH3 is 1. The number of ether oxygens (including phenoxy) is 1. The molecule has 0 spiro atoms. The van der Waals surface area contributed by atoms with Crippen LogP contribution < -0.4 is 10.6 Å². The van der Waals surface area contributed by atoms with Crippen LogP contribution in [0.25, 0.3) is 0 Å². The second kappa shape index (κ2) is 8.56. The molecule has 1 amide bonds. The van der Waals surface area contributed by atoms with E-state index in [0.29, 0.717) is 27.4 Å². The molecule has 1 aromatic heterocycles. The van der Waals surface area contributed by atoms with E-state index in [1.54, 1.807) is 13.2 Å². The van der Waals surface area contributed by atoms with Gasteiger partial charge in [-0.3, -0.25) is 4.79 Å². The summed E-state index contributed by atoms with van der Waals surface area (Å²) in [4.78, 5) is 12.2. The maximum Gasteiger partial charge on any atom is 0.253 e. The molecule has 2 N–H and O–H groups in total. The van der Waals surface area contributed by atoms with Crippen LogP contribution in [0.1, 0.15) is 23.2 Å². The Morgan fingerprint density at radius 2 is 2.14 bits per heavy atom. The van der Waals surface area contributed by atoms with Gasteiger partial charge >= 0.3 is 0 Å². The summed E-state index contributed by atoms with van der Waals surface area (Å²) in [5, 5.41) is 6.29. The summed E-state index contributed by atoms with van der Waals surface area (Å²) in [5.41, 5.74) is 0.449. The molecule has 0 atom stereocenters. The van der Waals surface area contributed by atoms with Crippen molar-refractivity contribution in [1.82, 2.24) is 10.6 Å². The van der Waals surface area contributed by atoms with Crippen LogP contribution in [-0.2, 0) is 4.74 Å². The minimum Gasteiger partial charge on any atom is -0.384 e. The Labute approximate surface area is 144 Å². The maximum absolute atomic E-state index is 12.2. The van der Waals surface area contributed by atoms with Gasteiger partial charge in [-0.1, -0.05) is 23.2 Å². The number of rotatable bonds is 5. The molecular formula is C13H19Cl3N2O2S. The summed E-state index contributed by atoms with van der Waals surface area (Å²) in [6, 6.07) is 1.61. The summed E-state index contributed by atoms with van der Waals surface area (Å²) < 4.78 is 6.28. The predicted octanol–water partition coefficient (Wildman–Crippen LogP) is 3.22. The van der Waals surface area contributed by atoms with Crippen molar-refractivity contribution in [2.75, 3.05) is 33.4 Å². The molecule has 0 unspecified atom stereocenters. The first-order valence-corrected chi connectivity index (χ1v) is 8.06. The smallest absolute Gasteiger partial charge is 0.253 e. The second-order valence-electron chi connectivity index (χ2n) is 5.10. The Balaban J connectivity index is 0.00000220. The van der Waals surface area contributed by atoms with Gasteiger partial charge in [0.05, 0.1) is 16.5 Å². The van der Waals surface area contributed by atoms with Gasteiger partial charge in [0.2, 0.25) is 0 Å². The van der Waals surface area contributed by atoms with Crippen LogP contribution in [0.4, 0.5) is 0 Å². The normalized spacial score (nSPS) is 17.1. The number of hydrogen-bond donors (Lipinski definition) is 2. The van der Waals surface area contributed by atoms with Gasteiger partial charge in [-0.15, -0.1) is 23.7 Å². The lowest BCUT2D eigenvalue weighted by atomic mass is 9.79. The van der Waals surface area contributed by atoms with E-state index in [1.165, 1.54) is 11.3 Å². The summed E-state index contributed by atoms with van der Waals surface area (Å²) in [5.74, 6) is -0.174. The van der Waals surface area contributed by atoms with Crippen molar-refractivity contribution in [2.24, 2.45) is 5.41 Å². The van der Waals surface area contributed by atoms with Gasteiger partial charge in [-0.05, 0) is 32.0 Å². The van der Waals surface area contributed by atoms with Crippen LogP contribution in [-0.4, -0.2) is 39.3 Å². The number of carbonyl (C=O) groups excluding carboxylic acids is 1. The number of nitrogens with one attached hydrogen (secondary N) is 2. The molecule has 1 saturated heterocycles. The zero-order valence-corrected chi connectivity index (χ0v) is 14.9. The molecule has 0 saturated carbocycles. The molecule has 120 valence electrons. The third kappa shape index (κ3) is 4.98. The van der Waals surface area contributed by atoms with Crippen molar-refractivity contribution in [3.8, 4) is 0 Å². The standard InChI is InChI=1S/C13H18Cl2N2O2S.ClH/c1-19-8-13(2-4-16-5-3-13)7-17-12(18)9-6-10(14)20-11(9)15;/h6,16H,2-5,7-8H2,1H3,(H,17,18);1H. The number of hydrogen-bond acceptors (Lipinski definition) is 4. The monoisotopic (exact) mass is 372 g/mol. The van der Waals surface area contributed by atoms with Gasteiger partial charge in [0.1, 0.15) is 4.34 Å². The summed E-state index contributed by atoms with van der Waals surface area (Å²) >= 11 is 13.1. The number of piperidine rings is 1. The molecule has 8 heteroatoms. The fraction of sp³-hybridized carbons (Fsp3) is 0.615. The highest BCUT2D eigenvalue weighted by Crippen LogP contribution is 2.32. The molecule has 2 rings (SSSR count). The van der Waals surface area contributed by atoms with E-state index in [9.17, 15) is 4.79 Å². The van der Waals surface area contributed by atoms with E-state index in [1.807, 2.05) is 0 Å². The molecule has 21 heavy (non-hydrogen) atoms. The van der Waals surface area contributed by atoms with Gasteiger partial charge in [0.15, 0.2) is 0 Å². The average molecular weight is 374 g/mol. The zero-order chi connectivity index (χ0) is 14.6. The number of amides is 1. The SMILES string of the molecule is COCC1(CNC(=O)c2cc(Cl)sc2Cl)CCNCC1.Cl. The largest absolute Gasteiger partial charge is 0.384 e. The van der Waals surface area contributed by atoms with Gasteiger partial charge in [-0.25, -0.2) is 0 Å². The van der Waals surface area contributed by atoms with Gasteiger partial charge in [0, 0.05) is 19.1 Å². The van der Waals surface area contributed by atoms with Crippen LogP contribution in [0.2, 0.25) is 8.67 Å². The van der Waals surface area contributed by atoms with E-state index in [0.717, 1.165) is 25.9 Å². The summed E-state index contributed by atoms with van der Waals surface area (Å²) in [6.45, 7) is 3.13. The first kappa shape index (κ1) is 19.0. The zero-order valence-electron chi connectivity index (χ0n) is 11.7. The van der Waals surface area contributed by atoms with Crippen molar-refractivity contribution in [3.63, 3.8) is 0 Å². The van der Waals surface area contributed by atoms with E-state index in [-0.39, 0.29) is 23.7 Å². The Morgan fingerprint density at radius 3 is 2.67 bits per heavy atom. The fourth-order valence-corrected chi connectivity index (χ4v) is 3.95. The molecule has 0 radical (unpaired) electrons. The highest BCUT2D eigenvalue weighted by molar-refractivity contribution is 7.20. The summed E-state index contributed by atoms with van der Waals surface area (Å²) in [6.07, 6.45) is 1.97. The highest BCUT2D eigenvalue weighted by Gasteiger charge is 2.32. The third-order valence-electron chi connectivity index (χ3n) is 3.64. The maximum atomic E-state index is 12.2. The predicted molar refractivity (Wildman–Crippen MR) is 90.3 cm³/mol. The van der Waals surface area contributed by atoms with Crippen molar-refractivity contribution < 1.29 is 9.53 Å². The Morgan fingerprint density at radius 1 is 1.48 bits per heavy atom. The number of carbonyl (C=O) groups is 1. The average Bonchev–Trinajstić information content (AvgIpc) is 2.77. The molecule has 2 heterocycles. The van der Waals surface area contributed by atoms with Crippen LogP contribution in [0, 0.1) is 5.41 Å². The van der Waals surface area contributed by atoms with Crippen molar-refractivity contribution in [3.05, 3.63) is 20.3 Å². The first-order valence-electron chi connectivity index (χ1n) is 6.49. The lowest BCUT2D eigenvalue weighted by Gasteiger charge is -2.37. The molecule has 4 nitrogen and oxygen atoms in total. The van der Waals surface area contributed by atoms with Crippen LogP contribution >= 0.6 is 46.9 Å². The Kier molecular flexibility index (Phi) is 7.74. The van der Waals surface area contributed by atoms with Crippen LogP contribution in [0.3, 0.4) is 0 Å². The van der Waals surface area contributed by atoms with Gasteiger partial charge in [-0.2, -0.15) is 0 Å². The fourth-order valence-electron chi connectivity index (χ4n) is 2.49. The lowest BCUT2D eigenvalue weighted by Crippen LogP contribution is -2.47. The van der Waals surface area contributed by atoms with Crippen molar-refractivity contribution >= 4 is 52.9 Å². The van der Waals surface area contributed by atoms with Crippen molar-refractivity contribution in [2.45, 2.75) is 12.8 Å². The van der Waals surface area contributed by atoms with E-state index in [4.69, 9.17) is 27.9 Å². The minimum atomic E-state index is -0.174. The lowest BCUT2D eigenvalue weighted by molar-refractivity contribution is 0.0512. The van der Waals surface area contributed by atoms with E-state index in [2.05, 4.69) is 10.6 Å². The second-order valence-corrected chi connectivity index (χ2v) is 7.39. The molecule has 0 aliphatic carbocycles. The van der Waals surface area contributed by atoms with Crippen LogP contribution in [0.15, 0.2) is 6.07 Å². The Bertz CT molecular complexity index is 470. The molecule has 1 fully saturated rings. The molecule has 1 aromatic rings. The topological polar surface area (TPSA) is 50.4 Å². The molecule has 0 bridgehead atoms.